The zero-order chi connectivity index (χ0) is 14.9. The van der Waals surface area contributed by atoms with Crippen molar-refractivity contribution in [1.82, 2.24) is 0 Å². The van der Waals surface area contributed by atoms with Crippen LogP contribution in [0.1, 0.15) is 10.4 Å². The molecule has 2 aromatic carbocycles. The van der Waals surface area contributed by atoms with Gasteiger partial charge in [-0.3, -0.25) is 4.79 Å². The van der Waals surface area contributed by atoms with Crippen molar-refractivity contribution >= 4 is 33.2 Å². The minimum Gasteiger partial charge on any atom is -0.399 e. The van der Waals surface area contributed by atoms with Gasteiger partial charge in [-0.15, -0.1) is 0 Å². The first kappa shape index (κ1) is 14.4. The van der Waals surface area contributed by atoms with Crippen LogP contribution in [0, 0.1) is 17.5 Å². The van der Waals surface area contributed by atoms with Gasteiger partial charge in [0.2, 0.25) is 0 Å². The lowest BCUT2D eigenvalue weighted by Gasteiger charge is -2.09. The van der Waals surface area contributed by atoms with Crippen LogP contribution in [0.4, 0.5) is 24.5 Å². The second kappa shape index (κ2) is 5.54. The van der Waals surface area contributed by atoms with Crippen LogP contribution in [0.2, 0.25) is 0 Å². The van der Waals surface area contributed by atoms with Gasteiger partial charge in [0, 0.05) is 22.3 Å². The molecule has 20 heavy (non-hydrogen) atoms. The third-order valence-corrected chi connectivity index (χ3v) is 3.16. The number of carbonyl (C=O) groups excluding carboxylic acids is 1. The number of benzene rings is 2. The van der Waals surface area contributed by atoms with Crippen molar-refractivity contribution < 1.29 is 18.0 Å². The van der Waals surface area contributed by atoms with Crippen molar-refractivity contribution in [2.75, 3.05) is 11.1 Å². The van der Waals surface area contributed by atoms with Crippen LogP contribution in [0.3, 0.4) is 0 Å². The molecule has 0 bridgehead atoms. The number of hydrogen-bond acceptors (Lipinski definition) is 2. The van der Waals surface area contributed by atoms with Crippen molar-refractivity contribution in [2.45, 2.75) is 0 Å². The number of nitrogen functional groups attached to an aromatic ring is 1. The fourth-order valence-corrected chi connectivity index (χ4v) is 1.93. The molecule has 0 aliphatic heterocycles. The van der Waals surface area contributed by atoms with Crippen molar-refractivity contribution in [3.05, 3.63) is 57.8 Å². The molecule has 0 heterocycles. The van der Waals surface area contributed by atoms with Crippen molar-refractivity contribution in [2.24, 2.45) is 0 Å². The number of halogens is 4. The fraction of sp³-hybridized carbons (Fsp3) is 0. The van der Waals surface area contributed by atoms with Crippen molar-refractivity contribution in [3.63, 3.8) is 0 Å². The van der Waals surface area contributed by atoms with Gasteiger partial charge in [0.05, 0.1) is 5.69 Å². The average molecular weight is 345 g/mol. The third kappa shape index (κ3) is 2.93. The van der Waals surface area contributed by atoms with E-state index in [2.05, 4.69) is 21.2 Å². The Bertz CT molecular complexity index is 668. The molecule has 0 saturated heterocycles. The van der Waals surface area contributed by atoms with Gasteiger partial charge in [-0.1, -0.05) is 0 Å². The molecule has 2 aromatic rings. The number of anilines is 2. The lowest BCUT2D eigenvalue weighted by atomic mass is 10.1. The predicted octanol–water partition coefficient (Wildman–Crippen LogP) is 3.70. The monoisotopic (exact) mass is 344 g/mol. The molecule has 0 saturated carbocycles. The minimum absolute atomic E-state index is 0.248. The lowest BCUT2D eigenvalue weighted by molar-refractivity contribution is 0.101. The quantitative estimate of drug-likeness (QED) is 0.816. The van der Waals surface area contributed by atoms with Gasteiger partial charge in [0.1, 0.15) is 23.0 Å². The van der Waals surface area contributed by atoms with Gasteiger partial charge >= 0.3 is 0 Å². The molecule has 104 valence electrons. The molecular weight excluding hydrogens is 337 g/mol. The smallest absolute Gasteiger partial charge is 0.261 e. The van der Waals surface area contributed by atoms with E-state index >= 15 is 0 Å². The highest BCUT2D eigenvalue weighted by molar-refractivity contribution is 9.10. The first-order valence-electron chi connectivity index (χ1n) is 5.39. The number of carbonyl (C=O) groups is 1. The Morgan fingerprint density at radius 2 is 1.70 bits per heavy atom. The topological polar surface area (TPSA) is 55.1 Å². The van der Waals surface area contributed by atoms with E-state index in [9.17, 15) is 18.0 Å². The fourth-order valence-electron chi connectivity index (χ4n) is 1.58. The zero-order valence-electron chi connectivity index (χ0n) is 9.88. The Balaban J connectivity index is 2.36. The number of hydrogen-bond donors (Lipinski definition) is 2. The summed E-state index contributed by atoms with van der Waals surface area (Å²) in [4.78, 5) is 11.9. The van der Waals surface area contributed by atoms with Gasteiger partial charge in [0.15, 0.2) is 0 Å². The summed E-state index contributed by atoms with van der Waals surface area (Å²) in [5, 5.41) is 2.30. The first-order chi connectivity index (χ1) is 9.38. The summed E-state index contributed by atoms with van der Waals surface area (Å²) >= 11 is 3.16. The molecule has 0 atom stereocenters. The Hall–Kier alpha value is -2.02. The molecule has 0 spiro atoms. The first-order valence-corrected chi connectivity index (χ1v) is 6.18. The van der Waals surface area contributed by atoms with Gasteiger partial charge < -0.3 is 11.1 Å². The molecule has 0 aliphatic rings. The van der Waals surface area contributed by atoms with Crippen LogP contribution < -0.4 is 11.1 Å². The third-order valence-electron chi connectivity index (χ3n) is 2.47. The van der Waals surface area contributed by atoms with Gasteiger partial charge in [-0.25, -0.2) is 13.2 Å². The molecule has 1 amide bonds. The highest BCUT2D eigenvalue weighted by Gasteiger charge is 2.19. The maximum atomic E-state index is 13.5. The number of nitrogens with one attached hydrogen (secondary N) is 1. The molecule has 3 nitrogen and oxygen atoms in total. The maximum Gasteiger partial charge on any atom is 0.261 e. The summed E-state index contributed by atoms with van der Waals surface area (Å²) in [6, 6.07) is 5.45. The molecule has 0 unspecified atom stereocenters. The average Bonchev–Trinajstić information content (AvgIpc) is 2.32. The standard InChI is InChI=1S/C13H8BrF3N2O/c14-8-2-1-7(18)5-11(8)19-13(20)12-9(16)3-6(15)4-10(12)17/h1-5H,18H2,(H,19,20). The van der Waals surface area contributed by atoms with E-state index < -0.39 is 28.9 Å². The molecule has 0 aromatic heterocycles. The largest absolute Gasteiger partial charge is 0.399 e. The molecule has 0 radical (unpaired) electrons. The molecule has 0 fully saturated rings. The summed E-state index contributed by atoms with van der Waals surface area (Å²) in [6.45, 7) is 0. The number of nitrogens with two attached hydrogens (primary N) is 1. The summed E-state index contributed by atoms with van der Waals surface area (Å²) in [5.41, 5.74) is 5.30. The maximum absolute atomic E-state index is 13.5. The molecule has 3 N–H and O–H groups in total. The normalized spacial score (nSPS) is 10.4. The highest BCUT2D eigenvalue weighted by Crippen LogP contribution is 2.26. The summed E-state index contributed by atoms with van der Waals surface area (Å²) in [6.07, 6.45) is 0. The summed E-state index contributed by atoms with van der Waals surface area (Å²) < 4.78 is 40.2. The van der Waals surface area contributed by atoms with E-state index in [0.717, 1.165) is 0 Å². The van der Waals surface area contributed by atoms with Crippen LogP contribution >= 0.6 is 15.9 Å². The van der Waals surface area contributed by atoms with Crippen LogP contribution in [0.25, 0.3) is 0 Å². The van der Waals surface area contributed by atoms with Crippen molar-refractivity contribution in [3.8, 4) is 0 Å². The van der Waals surface area contributed by atoms with Gasteiger partial charge in [0.25, 0.3) is 5.91 Å². The molecular formula is C13H8BrF3N2O. The van der Waals surface area contributed by atoms with E-state index in [1.54, 1.807) is 12.1 Å². The highest BCUT2D eigenvalue weighted by atomic mass is 79.9. The Kier molecular flexibility index (Phi) is 3.99. The molecule has 2 rings (SSSR count). The number of amides is 1. The van der Waals surface area contributed by atoms with Gasteiger partial charge in [-0.2, -0.15) is 0 Å². The second-order valence-electron chi connectivity index (χ2n) is 3.94. The predicted molar refractivity (Wildman–Crippen MR) is 72.8 cm³/mol. The zero-order valence-corrected chi connectivity index (χ0v) is 11.5. The number of rotatable bonds is 2. The Morgan fingerprint density at radius 1 is 1.10 bits per heavy atom. The van der Waals surface area contributed by atoms with E-state index in [1.165, 1.54) is 6.07 Å². The summed E-state index contributed by atoms with van der Waals surface area (Å²) in [5.74, 6) is -4.69. The molecule has 0 aliphatic carbocycles. The van der Waals surface area contributed by atoms with Crippen LogP contribution in [0.5, 0.6) is 0 Å². The SMILES string of the molecule is Nc1ccc(Br)c(NC(=O)c2c(F)cc(F)cc2F)c1. The minimum atomic E-state index is -1.28. The van der Waals surface area contributed by atoms with Crippen LogP contribution in [-0.2, 0) is 0 Å². The summed E-state index contributed by atoms with van der Waals surface area (Å²) in [7, 11) is 0. The van der Waals surface area contributed by atoms with E-state index in [1.807, 2.05) is 0 Å². The van der Waals surface area contributed by atoms with E-state index in [4.69, 9.17) is 5.73 Å². The van der Waals surface area contributed by atoms with E-state index in [-0.39, 0.29) is 5.69 Å². The van der Waals surface area contributed by atoms with Crippen LogP contribution in [-0.4, -0.2) is 5.91 Å². The lowest BCUT2D eigenvalue weighted by Crippen LogP contribution is -2.16. The Labute approximate surface area is 120 Å². The second-order valence-corrected chi connectivity index (χ2v) is 4.79. The van der Waals surface area contributed by atoms with Crippen molar-refractivity contribution in [1.29, 1.82) is 0 Å². The van der Waals surface area contributed by atoms with Crippen LogP contribution in [0.15, 0.2) is 34.8 Å². The Morgan fingerprint density at radius 3 is 2.30 bits per heavy atom. The van der Waals surface area contributed by atoms with Gasteiger partial charge in [-0.05, 0) is 34.1 Å². The van der Waals surface area contributed by atoms with E-state index in [0.29, 0.717) is 22.3 Å². The molecule has 7 heteroatoms.